The molecule has 13 heavy (non-hydrogen) atoms. The van der Waals surface area contributed by atoms with Gasteiger partial charge in [0.2, 0.25) is 0 Å². The molecule has 0 aromatic heterocycles. The predicted octanol–water partition coefficient (Wildman–Crippen LogP) is -1.31. The minimum Gasteiger partial charge on any atom is -0.264 e. The molecule has 0 rings (SSSR count). The Morgan fingerprint density at radius 2 is 0.692 bits per heavy atom. The molecule has 0 saturated carbocycles. The topological polar surface area (TPSA) is 149 Å². The van der Waals surface area contributed by atoms with Gasteiger partial charge in [0.15, 0.2) is 0 Å². The molecule has 0 aromatic rings. The van der Waals surface area contributed by atoms with Crippen LogP contribution in [-0.4, -0.2) is 35.0 Å². The third-order valence-corrected chi connectivity index (χ3v) is 0. The van der Waals surface area contributed by atoms with E-state index in [-0.39, 0.29) is 50.9 Å². The van der Waals surface area contributed by atoms with Crippen LogP contribution < -0.4 is 0 Å². The molecule has 0 fully saturated rings. The van der Waals surface area contributed by atoms with Crippen molar-refractivity contribution in [2.75, 3.05) is 0 Å². The van der Waals surface area contributed by atoms with Crippen molar-refractivity contribution in [3.63, 3.8) is 0 Å². The van der Waals surface area contributed by atoms with Crippen LogP contribution in [0.4, 0.5) is 0 Å². The number of hydrogen-bond donors (Lipinski definition) is 4. The van der Waals surface area contributed by atoms with Gasteiger partial charge in [0.1, 0.15) is 0 Å². The van der Waals surface area contributed by atoms with Gasteiger partial charge in [-0.15, -0.1) is 0 Å². The third-order valence-electron chi connectivity index (χ3n) is 0. The molecule has 0 bridgehead atoms. The van der Waals surface area contributed by atoms with Crippen LogP contribution in [0.1, 0.15) is 0 Å². The van der Waals surface area contributed by atoms with Crippen molar-refractivity contribution < 1.29 is 86.0 Å². The molecule has 8 nitrogen and oxygen atoms in total. The fraction of sp³-hybridized carbons (Fsp3) is 0. The number of hydrogen-bond acceptors (Lipinski definition) is 4. The monoisotopic (exact) mass is 362 g/mol. The summed E-state index contributed by atoms with van der Waals surface area (Å²) in [6.45, 7) is 0. The van der Waals surface area contributed by atoms with Crippen LogP contribution in [0.25, 0.3) is 0 Å². The molecular weight excluding hydrogens is 359 g/mol. The van der Waals surface area contributed by atoms with Crippen molar-refractivity contribution in [3.05, 3.63) is 0 Å². The molecule has 0 aliphatic rings. The van der Waals surface area contributed by atoms with Crippen molar-refractivity contribution >= 4 is 20.8 Å². The first kappa shape index (κ1) is 29.2. The van der Waals surface area contributed by atoms with E-state index >= 15 is 0 Å². The molecule has 4 N–H and O–H groups in total. The Hall–Kier alpha value is 1.29. The molecule has 0 saturated heterocycles. The Morgan fingerprint density at radius 1 is 0.692 bits per heavy atom. The van der Waals surface area contributed by atoms with Crippen LogP contribution in [0.15, 0.2) is 0 Å². The molecule has 0 amide bonds. The summed E-state index contributed by atoms with van der Waals surface area (Å²) in [4.78, 5) is 0. The standard InChI is InChI=1S/Cr.Fe.Ni.2H2O4S/c;;;2*1-5(2,3)4/h;;;2*(H2,1,2,3,4). The van der Waals surface area contributed by atoms with E-state index in [2.05, 4.69) is 0 Å². The van der Waals surface area contributed by atoms with Crippen LogP contribution in [0.3, 0.4) is 0 Å². The summed E-state index contributed by atoms with van der Waals surface area (Å²) < 4.78 is 63.2. The minimum atomic E-state index is -4.67. The Balaban J connectivity index is -0.0000000267. The second-order valence-electron chi connectivity index (χ2n) is 0.896. The largest absolute Gasteiger partial charge is 0.394 e. The van der Waals surface area contributed by atoms with Gasteiger partial charge in [-0.2, -0.15) is 16.8 Å². The van der Waals surface area contributed by atoms with E-state index in [9.17, 15) is 0 Å². The summed E-state index contributed by atoms with van der Waals surface area (Å²) in [5.74, 6) is 0. The summed E-state index contributed by atoms with van der Waals surface area (Å²) in [5.41, 5.74) is 0. The summed E-state index contributed by atoms with van der Waals surface area (Å²) in [6.07, 6.45) is 0. The molecule has 0 aliphatic carbocycles. The van der Waals surface area contributed by atoms with Crippen molar-refractivity contribution in [1.82, 2.24) is 0 Å². The van der Waals surface area contributed by atoms with Gasteiger partial charge in [-0.3, -0.25) is 18.2 Å². The molecule has 13 heteroatoms. The maximum absolute atomic E-state index is 8.74. The van der Waals surface area contributed by atoms with Crippen molar-refractivity contribution in [1.29, 1.82) is 0 Å². The minimum absolute atomic E-state index is 0. The normalized spacial score (nSPS) is 8.92. The predicted molar refractivity (Wildman–Crippen MR) is 28.4 cm³/mol. The Morgan fingerprint density at radius 3 is 0.692 bits per heavy atom. The van der Waals surface area contributed by atoms with Gasteiger partial charge >= 0.3 is 20.8 Å². The zero-order valence-electron chi connectivity index (χ0n) is 5.32. The fourth-order valence-corrected chi connectivity index (χ4v) is 0. The van der Waals surface area contributed by atoms with E-state index < -0.39 is 20.8 Å². The Bertz CT molecular complexity index is 219. The number of rotatable bonds is 0. The van der Waals surface area contributed by atoms with Crippen molar-refractivity contribution in [2.45, 2.75) is 0 Å². The average Bonchev–Trinajstić information content (AvgIpc) is 1.12. The maximum Gasteiger partial charge on any atom is 0.394 e. The van der Waals surface area contributed by atoms with Gasteiger partial charge in [0.05, 0.1) is 0 Å². The first-order valence-electron chi connectivity index (χ1n) is 1.40. The van der Waals surface area contributed by atoms with Crippen molar-refractivity contribution in [2.24, 2.45) is 0 Å². The van der Waals surface area contributed by atoms with Gasteiger partial charge in [0, 0.05) is 50.9 Å². The van der Waals surface area contributed by atoms with E-state index in [1.807, 2.05) is 0 Å². The van der Waals surface area contributed by atoms with E-state index in [4.69, 9.17) is 35.0 Å². The zero-order valence-corrected chi connectivity index (χ0v) is 10.3. The zero-order chi connectivity index (χ0) is 9.00. The van der Waals surface area contributed by atoms with Gasteiger partial charge in [-0.1, -0.05) is 0 Å². The van der Waals surface area contributed by atoms with E-state index in [0.717, 1.165) is 0 Å². The molecule has 0 unspecified atom stereocenters. The Labute approximate surface area is 106 Å². The molecule has 0 radical (unpaired) electrons. The quantitative estimate of drug-likeness (QED) is 0.306. The second-order valence-corrected chi connectivity index (χ2v) is 2.69. The average molecular weight is 363 g/mol. The summed E-state index contributed by atoms with van der Waals surface area (Å²) in [7, 11) is -9.33. The van der Waals surface area contributed by atoms with Crippen LogP contribution in [0.5, 0.6) is 0 Å². The van der Waals surface area contributed by atoms with Crippen LogP contribution in [0, 0.1) is 0 Å². The molecule has 0 spiro atoms. The van der Waals surface area contributed by atoms with Crippen LogP contribution in [-0.2, 0) is 71.7 Å². The van der Waals surface area contributed by atoms with E-state index in [1.165, 1.54) is 0 Å². The summed E-state index contributed by atoms with van der Waals surface area (Å²) in [6, 6.07) is 0. The third kappa shape index (κ3) is 1020. The van der Waals surface area contributed by atoms with E-state index in [1.54, 1.807) is 0 Å². The van der Waals surface area contributed by atoms with E-state index in [0.29, 0.717) is 0 Å². The first-order valence-corrected chi connectivity index (χ1v) is 4.19. The Kier molecular flexibility index (Phi) is 25.6. The van der Waals surface area contributed by atoms with Gasteiger partial charge < -0.3 is 0 Å². The maximum atomic E-state index is 8.74. The van der Waals surface area contributed by atoms with Crippen molar-refractivity contribution in [3.8, 4) is 0 Å². The second kappa shape index (κ2) is 11.4. The summed E-state index contributed by atoms with van der Waals surface area (Å²) >= 11 is 0. The molecule has 0 atom stereocenters. The SMILES string of the molecule is O=S(=O)(O)O.O=S(=O)(O)O.[Cr].[Fe].[Ni]. The van der Waals surface area contributed by atoms with Crippen LogP contribution >= 0.6 is 0 Å². The smallest absolute Gasteiger partial charge is 0.264 e. The van der Waals surface area contributed by atoms with Gasteiger partial charge in [0.25, 0.3) is 0 Å². The summed E-state index contributed by atoms with van der Waals surface area (Å²) in [5, 5.41) is 0. The van der Waals surface area contributed by atoms with Gasteiger partial charge in [-0.25, -0.2) is 0 Å². The van der Waals surface area contributed by atoms with Gasteiger partial charge in [-0.05, 0) is 0 Å². The molecular formula is H4CrFeNiO8S2. The molecule has 0 aliphatic heterocycles. The van der Waals surface area contributed by atoms with Crippen LogP contribution in [0.2, 0.25) is 0 Å². The molecule has 0 heterocycles. The first-order chi connectivity index (χ1) is 4.00. The fourth-order valence-electron chi connectivity index (χ4n) is 0. The molecule has 88 valence electrons. The molecule has 0 aromatic carbocycles.